The van der Waals surface area contributed by atoms with Gasteiger partial charge in [0.2, 0.25) is 5.91 Å². The van der Waals surface area contributed by atoms with E-state index in [2.05, 4.69) is 21.8 Å². The van der Waals surface area contributed by atoms with Crippen LogP contribution in [0.2, 0.25) is 0 Å². The molecule has 1 saturated heterocycles. The average molecular weight is 387 g/mol. The fourth-order valence-electron chi connectivity index (χ4n) is 2.09. The van der Waals surface area contributed by atoms with E-state index in [1.165, 1.54) is 10.9 Å². The lowest BCUT2D eigenvalue weighted by Crippen LogP contribution is -2.25. The molecule has 2 aromatic rings. The van der Waals surface area contributed by atoms with Crippen molar-refractivity contribution in [3.8, 4) is 0 Å². The number of benzene rings is 1. The number of carbonyl (C=O) groups excluding carboxylic acids is 1. The number of hydroxylamine groups is 1. The van der Waals surface area contributed by atoms with E-state index in [9.17, 15) is 4.79 Å². The lowest BCUT2D eigenvalue weighted by Gasteiger charge is -2.03. The number of hydrogen-bond donors (Lipinski definition) is 7. The predicted octanol–water partition coefficient (Wildman–Crippen LogP) is 0.0192. The zero-order valence-electron chi connectivity index (χ0n) is 13.9. The van der Waals surface area contributed by atoms with E-state index < -0.39 is 10.4 Å². The van der Waals surface area contributed by atoms with Crippen molar-refractivity contribution in [1.82, 2.24) is 20.7 Å². The second-order valence-electron chi connectivity index (χ2n) is 5.22. The summed E-state index contributed by atoms with van der Waals surface area (Å²) in [5.41, 5.74) is 4.54. The Morgan fingerprint density at radius 2 is 1.92 bits per heavy atom. The Balaban J connectivity index is 0.000000223. The van der Waals surface area contributed by atoms with E-state index in [-0.39, 0.29) is 11.9 Å². The monoisotopic (exact) mass is 387 g/mol. The fraction of sp³-hybridized carbons (Fsp3) is 0.286. The molecule has 1 aliphatic rings. The Labute approximate surface area is 150 Å². The van der Waals surface area contributed by atoms with Crippen molar-refractivity contribution >= 4 is 33.2 Å². The van der Waals surface area contributed by atoms with Gasteiger partial charge in [-0.05, 0) is 18.1 Å². The number of carbonyl (C=O) groups is 1. The molecule has 1 aliphatic heterocycles. The van der Waals surface area contributed by atoms with Crippen molar-refractivity contribution in [2.24, 2.45) is 0 Å². The minimum atomic E-state index is -4.67. The summed E-state index contributed by atoms with van der Waals surface area (Å²) >= 11 is 0. The van der Waals surface area contributed by atoms with Crippen molar-refractivity contribution in [2.75, 3.05) is 20.1 Å². The van der Waals surface area contributed by atoms with Crippen LogP contribution < -0.4 is 10.8 Å². The highest BCUT2D eigenvalue weighted by Crippen LogP contribution is 2.17. The van der Waals surface area contributed by atoms with Gasteiger partial charge in [0.25, 0.3) is 0 Å². The van der Waals surface area contributed by atoms with E-state index in [1.807, 2.05) is 24.4 Å². The number of fused-ring (bicyclic) bond motifs is 1. The van der Waals surface area contributed by atoms with Gasteiger partial charge in [-0.25, -0.2) is 5.48 Å². The maximum absolute atomic E-state index is 10.4. The van der Waals surface area contributed by atoms with Crippen LogP contribution in [-0.2, 0) is 21.6 Å². The summed E-state index contributed by atoms with van der Waals surface area (Å²) in [6, 6.07) is 8.16. The first-order chi connectivity index (χ1) is 12.1. The van der Waals surface area contributed by atoms with Crippen LogP contribution in [0.25, 0.3) is 10.9 Å². The summed E-state index contributed by atoms with van der Waals surface area (Å²) < 4.78 is 31.6. The molecule has 144 valence electrons. The number of amides is 1. The summed E-state index contributed by atoms with van der Waals surface area (Å²) in [6.45, 7) is 0.903. The highest BCUT2D eigenvalue weighted by atomic mass is 32.3. The molecule has 1 fully saturated rings. The number of para-hydroxylation sites is 1. The predicted molar refractivity (Wildman–Crippen MR) is 94.5 cm³/mol. The van der Waals surface area contributed by atoms with Gasteiger partial charge in [-0.1, -0.05) is 18.2 Å². The standard InChI is InChI=1S/C10H12N2O.C4H7N3O.H2O4S/c13-12-6-5-8-7-11-10-4-2-1-3-9(8)10;1-7-2-3(8)6-4(7)5;1-5(2,3)4/h1-4,7,11-13H,5-6H2;2H2,1H3,(H2,5,6,8);(H2,1,2,3,4). The molecule has 0 radical (unpaired) electrons. The molecule has 1 aromatic heterocycles. The molecule has 7 N–H and O–H groups in total. The smallest absolute Gasteiger partial charge is 0.361 e. The van der Waals surface area contributed by atoms with Crippen LogP contribution in [0.3, 0.4) is 0 Å². The lowest BCUT2D eigenvalue weighted by atomic mass is 10.1. The van der Waals surface area contributed by atoms with Crippen LogP contribution in [0, 0.1) is 5.41 Å². The molecule has 11 nitrogen and oxygen atoms in total. The Morgan fingerprint density at radius 1 is 1.31 bits per heavy atom. The van der Waals surface area contributed by atoms with Gasteiger partial charge in [-0.2, -0.15) is 8.42 Å². The number of nitrogens with zero attached hydrogens (tertiary/aromatic N) is 1. The Morgan fingerprint density at radius 3 is 2.38 bits per heavy atom. The minimum absolute atomic E-state index is 0.0995. The van der Waals surface area contributed by atoms with Gasteiger partial charge in [0.1, 0.15) is 0 Å². The van der Waals surface area contributed by atoms with Gasteiger partial charge in [0, 0.05) is 30.7 Å². The molecule has 0 saturated carbocycles. The van der Waals surface area contributed by atoms with E-state index in [4.69, 9.17) is 28.1 Å². The van der Waals surface area contributed by atoms with Gasteiger partial charge < -0.3 is 15.1 Å². The van der Waals surface area contributed by atoms with Crippen LogP contribution >= 0.6 is 0 Å². The van der Waals surface area contributed by atoms with Gasteiger partial charge in [0.15, 0.2) is 5.96 Å². The zero-order valence-corrected chi connectivity index (χ0v) is 14.7. The SMILES string of the molecule is CN1CC(=O)NC1=N.O=S(=O)(O)O.ONCCc1c[nH]c2ccccc12. The van der Waals surface area contributed by atoms with Gasteiger partial charge in [-0.3, -0.25) is 24.6 Å². The molecule has 0 unspecified atom stereocenters. The van der Waals surface area contributed by atoms with Crippen LogP contribution in [0.15, 0.2) is 30.5 Å². The molecular weight excluding hydrogens is 366 g/mol. The Bertz CT molecular complexity index is 842. The molecule has 2 heterocycles. The summed E-state index contributed by atoms with van der Waals surface area (Å²) in [6.07, 6.45) is 2.82. The highest BCUT2D eigenvalue weighted by molar-refractivity contribution is 7.79. The molecule has 0 bridgehead atoms. The number of nitrogens with one attached hydrogen (secondary N) is 4. The molecule has 3 rings (SSSR count). The first-order valence-electron chi connectivity index (χ1n) is 7.33. The van der Waals surface area contributed by atoms with Gasteiger partial charge in [-0.15, -0.1) is 0 Å². The molecule has 12 heteroatoms. The fourth-order valence-corrected chi connectivity index (χ4v) is 2.09. The molecule has 0 spiro atoms. The van der Waals surface area contributed by atoms with Gasteiger partial charge in [0.05, 0.1) is 6.54 Å². The minimum Gasteiger partial charge on any atom is -0.361 e. The Hall–Kier alpha value is -2.51. The molecule has 26 heavy (non-hydrogen) atoms. The molecule has 0 aliphatic carbocycles. The molecule has 1 amide bonds. The number of H-pyrrole nitrogens is 1. The molecular formula is C14H21N5O6S. The normalized spacial score (nSPS) is 13.6. The van der Waals surface area contributed by atoms with E-state index in [0.717, 1.165) is 11.9 Å². The van der Waals surface area contributed by atoms with Crippen molar-refractivity contribution in [1.29, 1.82) is 5.41 Å². The Kier molecular flexibility index (Phi) is 8.15. The zero-order chi connectivity index (χ0) is 19.7. The van der Waals surface area contributed by atoms with Gasteiger partial charge >= 0.3 is 10.4 Å². The number of guanidine groups is 1. The second kappa shape index (κ2) is 9.84. The van der Waals surface area contributed by atoms with Crippen molar-refractivity contribution in [3.63, 3.8) is 0 Å². The number of hydrogen-bond acceptors (Lipinski definition) is 6. The van der Waals surface area contributed by atoms with Crippen LogP contribution in [0.1, 0.15) is 5.56 Å². The van der Waals surface area contributed by atoms with Crippen LogP contribution in [-0.4, -0.2) is 64.6 Å². The largest absolute Gasteiger partial charge is 0.394 e. The topological polar surface area (TPSA) is 179 Å². The van der Waals surface area contributed by atoms with Crippen molar-refractivity contribution < 1.29 is 27.5 Å². The van der Waals surface area contributed by atoms with Crippen molar-refractivity contribution in [2.45, 2.75) is 6.42 Å². The third-order valence-corrected chi connectivity index (χ3v) is 3.20. The third kappa shape index (κ3) is 8.04. The number of aromatic nitrogens is 1. The first-order valence-corrected chi connectivity index (χ1v) is 8.73. The maximum atomic E-state index is 10.4. The number of rotatable bonds is 3. The quantitative estimate of drug-likeness (QED) is 0.284. The summed E-state index contributed by atoms with van der Waals surface area (Å²) in [4.78, 5) is 15.1. The average Bonchev–Trinajstić information content (AvgIpc) is 3.07. The number of aromatic amines is 1. The molecule has 0 atom stereocenters. The molecule has 1 aromatic carbocycles. The van der Waals surface area contributed by atoms with E-state index >= 15 is 0 Å². The van der Waals surface area contributed by atoms with Crippen LogP contribution in [0.5, 0.6) is 0 Å². The highest BCUT2D eigenvalue weighted by Gasteiger charge is 2.18. The lowest BCUT2D eigenvalue weighted by molar-refractivity contribution is -0.118. The second-order valence-corrected chi connectivity index (χ2v) is 6.11. The number of likely N-dealkylation sites (N-methyl/N-ethyl adjacent to an activating group) is 1. The third-order valence-electron chi connectivity index (χ3n) is 3.20. The van der Waals surface area contributed by atoms with E-state index in [0.29, 0.717) is 13.1 Å². The van der Waals surface area contributed by atoms with Crippen molar-refractivity contribution in [3.05, 3.63) is 36.0 Å². The summed E-state index contributed by atoms with van der Waals surface area (Å²) in [5, 5.41) is 19.0. The maximum Gasteiger partial charge on any atom is 0.394 e. The van der Waals surface area contributed by atoms with Crippen LogP contribution in [0.4, 0.5) is 0 Å². The first kappa shape index (κ1) is 21.5. The summed E-state index contributed by atoms with van der Waals surface area (Å²) in [7, 11) is -2.97. The summed E-state index contributed by atoms with van der Waals surface area (Å²) in [5.74, 6) is 0.0903. The van der Waals surface area contributed by atoms with E-state index in [1.54, 1.807) is 11.9 Å².